The summed E-state index contributed by atoms with van der Waals surface area (Å²) in [6.45, 7) is 2.07. The molecule has 0 radical (unpaired) electrons. The summed E-state index contributed by atoms with van der Waals surface area (Å²) >= 11 is 0. The molecule has 0 aromatic carbocycles. The van der Waals surface area contributed by atoms with Crippen LogP contribution in [-0.4, -0.2) is 36.8 Å². The van der Waals surface area contributed by atoms with Crippen molar-refractivity contribution < 1.29 is 19.0 Å². The van der Waals surface area contributed by atoms with Crippen molar-refractivity contribution in [2.45, 2.75) is 13.3 Å². The summed E-state index contributed by atoms with van der Waals surface area (Å²) in [5.41, 5.74) is 8.33. The molecule has 0 spiro atoms. The van der Waals surface area contributed by atoms with Crippen LogP contribution in [0.1, 0.15) is 12.6 Å². The molecular formula is C16H19N3O4. The number of hydrogen-bond donors (Lipinski definition) is 1. The average Bonchev–Trinajstić information content (AvgIpc) is 2.55. The summed E-state index contributed by atoms with van der Waals surface area (Å²) in [7, 11) is 2.99. The van der Waals surface area contributed by atoms with E-state index in [9.17, 15) is 4.79 Å². The van der Waals surface area contributed by atoms with Crippen LogP contribution < -0.4 is 15.2 Å². The summed E-state index contributed by atoms with van der Waals surface area (Å²) in [5, 5.41) is 0. The molecule has 2 rings (SSSR count). The van der Waals surface area contributed by atoms with E-state index in [0.29, 0.717) is 40.9 Å². The molecule has 2 N–H and O–H groups in total. The second-order valence-electron chi connectivity index (χ2n) is 4.62. The Morgan fingerprint density at radius 2 is 2.09 bits per heavy atom. The van der Waals surface area contributed by atoms with E-state index in [4.69, 9.17) is 19.9 Å². The van der Waals surface area contributed by atoms with Gasteiger partial charge in [0.05, 0.1) is 44.2 Å². The van der Waals surface area contributed by atoms with E-state index in [2.05, 4.69) is 9.97 Å². The monoisotopic (exact) mass is 317 g/mol. The van der Waals surface area contributed by atoms with Gasteiger partial charge < -0.3 is 19.9 Å². The first-order valence-corrected chi connectivity index (χ1v) is 7.09. The molecule has 0 atom stereocenters. The molecule has 23 heavy (non-hydrogen) atoms. The van der Waals surface area contributed by atoms with E-state index in [0.717, 1.165) is 0 Å². The van der Waals surface area contributed by atoms with Crippen molar-refractivity contribution in [3.05, 3.63) is 30.1 Å². The fraction of sp³-hybridized carbons (Fsp3) is 0.312. The number of anilines is 1. The lowest BCUT2D eigenvalue weighted by Gasteiger charge is -2.14. The summed E-state index contributed by atoms with van der Waals surface area (Å²) in [6, 6.07) is 5.16. The highest BCUT2D eigenvalue weighted by atomic mass is 16.5. The van der Waals surface area contributed by atoms with E-state index < -0.39 is 0 Å². The fourth-order valence-corrected chi connectivity index (χ4v) is 2.20. The standard InChI is InChI=1S/C16H19N3O4/c1-4-23-14(20)9-12-10(6-5-7-18-12)15-11(17)8-13(21-2)19-16(15)22-3/h5-8H,4,9H2,1-3H3,(H2,17,19). The molecule has 0 bridgehead atoms. The van der Waals surface area contributed by atoms with Crippen molar-refractivity contribution in [2.24, 2.45) is 0 Å². The number of hydrogen-bond acceptors (Lipinski definition) is 7. The predicted octanol–water partition coefficient (Wildman–Crippen LogP) is 1.85. The Bertz CT molecular complexity index is 704. The Labute approximate surface area is 134 Å². The maximum absolute atomic E-state index is 11.8. The Morgan fingerprint density at radius 3 is 2.74 bits per heavy atom. The molecule has 0 fully saturated rings. The van der Waals surface area contributed by atoms with Gasteiger partial charge in [-0.1, -0.05) is 6.07 Å². The summed E-state index contributed by atoms with van der Waals surface area (Å²) < 4.78 is 15.4. The van der Waals surface area contributed by atoms with E-state index in [1.165, 1.54) is 14.2 Å². The lowest BCUT2D eigenvalue weighted by atomic mass is 10.0. The highest BCUT2D eigenvalue weighted by Gasteiger charge is 2.19. The number of aromatic nitrogens is 2. The molecule has 0 aliphatic rings. The second kappa shape index (κ2) is 7.44. The second-order valence-corrected chi connectivity index (χ2v) is 4.62. The van der Waals surface area contributed by atoms with Crippen molar-refractivity contribution in [2.75, 3.05) is 26.6 Å². The smallest absolute Gasteiger partial charge is 0.311 e. The van der Waals surface area contributed by atoms with Crippen LogP contribution in [0.15, 0.2) is 24.4 Å². The molecule has 0 saturated heterocycles. The number of pyridine rings is 2. The van der Waals surface area contributed by atoms with Crippen molar-refractivity contribution >= 4 is 11.7 Å². The zero-order valence-corrected chi connectivity index (χ0v) is 13.3. The number of methoxy groups -OCH3 is 2. The SMILES string of the molecule is CCOC(=O)Cc1ncccc1-c1c(N)cc(OC)nc1OC. The molecule has 0 aliphatic carbocycles. The molecule has 2 aromatic heterocycles. The quantitative estimate of drug-likeness (QED) is 0.812. The molecule has 0 saturated carbocycles. The van der Waals surface area contributed by atoms with Gasteiger partial charge in [-0.3, -0.25) is 9.78 Å². The first kappa shape index (κ1) is 16.5. The van der Waals surface area contributed by atoms with Gasteiger partial charge in [0.25, 0.3) is 0 Å². The van der Waals surface area contributed by atoms with Gasteiger partial charge in [0.15, 0.2) is 0 Å². The van der Waals surface area contributed by atoms with E-state index in [1.54, 1.807) is 25.3 Å². The lowest BCUT2D eigenvalue weighted by Crippen LogP contribution is -2.10. The van der Waals surface area contributed by atoms with Gasteiger partial charge in [-0.05, 0) is 13.0 Å². The molecule has 7 heteroatoms. The van der Waals surface area contributed by atoms with Crippen LogP contribution in [-0.2, 0) is 16.0 Å². The Morgan fingerprint density at radius 1 is 1.30 bits per heavy atom. The van der Waals surface area contributed by atoms with Crippen LogP contribution >= 0.6 is 0 Å². The van der Waals surface area contributed by atoms with Crippen LogP contribution in [0.4, 0.5) is 5.69 Å². The molecule has 2 aromatic rings. The summed E-state index contributed by atoms with van der Waals surface area (Å²) in [4.78, 5) is 20.3. The minimum Gasteiger partial charge on any atom is -0.481 e. The maximum atomic E-state index is 11.8. The van der Waals surface area contributed by atoms with Crippen molar-refractivity contribution in [1.29, 1.82) is 0 Å². The number of esters is 1. The van der Waals surface area contributed by atoms with Crippen LogP contribution in [0, 0.1) is 0 Å². The summed E-state index contributed by atoms with van der Waals surface area (Å²) in [6.07, 6.45) is 1.65. The van der Waals surface area contributed by atoms with E-state index in [-0.39, 0.29) is 12.4 Å². The van der Waals surface area contributed by atoms with Gasteiger partial charge in [0, 0.05) is 17.8 Å². The van der Waals surface area contributed by atoms with Crippen molar-refractivity contribution in [1.82, 2.24) is 9.97 Å². The molecule has 0 aliphatic heterocycles. The van der Waals surface area contributed by atoms with Gasteiger partial charge in [-0.25, -0.2) is 0 Å². The summed E-state index contributed by atoms with van der Waals surface area (Å²) in [5.74, 6) is 0.297. The van der Waals surface area contributed by atoms with Crippen molar-refractivity contribution in [3.8, 4) is 22.9 Å². The van der Waals surface area contributed by atoms with E-state index in [1.807, 2.05) is 6.07 Å². The lowest BCUT2D eigenvalue weighted by molar-refractivity contribution is -0.142. The predicted molar refractivity (Wildman–Crippen MR) is 85.3 cm³/mol. The van der Waals surface area contributed by atoms with Crippen LogP contribution in [0.2, 0.25) is 0 Å². The molecule has 122 valence electrons. The molecule has 0 amide bonds. The topological polar surface area (TPSA) is 96.6 Å². The van der Waals surface area contributed by atoms with Gasteiger partial charge in [-0.2, -0.15) is 4.98 Å². The first-order chi connectivity index (χ1) is 11.1. The van der Waals surface area contributed by atoms with E-state index >= 15 is 0 Å². The Balaban J connectivity index is 2.52. The largest absolute Gasteiger partial charge is 0.481 e. The van der Waals surface area contributed by atoms with Gasteiger partial charge in [0.2, 0.25) is 11.8 Å². The zero-order valence-electron chi connectivity index (χ0n) is 13.3. The molecular weight excluding hydrogens is 298 g/mol. The van der Waals surface area contributed by atoms with Crippen molar-refractivity contribution in [3.63, 3.8) is 0 Å². The normalized spacial score (nSPS) is 10.2. The number of carbonyl (C=O) groups is 1. The first-order valence-electron chi connectivity index (χ1n) is 7.09. The maximum Gasteiger partial charge on any atom is 0.311 e. The van der Waals surface area contributed by atoms with Crippen LogP contribution in [0.25, 0.3) is 11.1 Å². The minimum absolute atomic E-state index is 0.0403. The highest BCUT2D eigenvalue weighted by Crippen LogP contribution is 2.37. The fourth-order valence-electron chi connectivity index (χ4n) is 2.20. The third-order valence-corrected chi connectivity index (χ3v) is 3.17. The number of nitrogen functional groups attached to an aromatic ring is 1. The highest BCUT2D eigenvalue weighted by molar-refractivity contribution is 5.85. The van der Waals surface area contributed by atoms with Gasteiger partial charge in [0.1, 0.15) is 0 Å². The molecule has 0 unspecified atom stereocenters. The van der Waals surface area contributed by atoms with Gasteiger partial charge in [-0.15, -0.1) is 0 Å². The Hall–Kier alpha value is -2.83. The van der Waals surface area contributed by atoms with Crippen LogP contribution in [0.3, 0.4) is 0 Å². The average molecular weight is 317 g/mol. The minimum atomic E-state index is -0.355. The third kappa shape index (κ3) is 3.68. The molecule has 2 heterocycles. The Kier molecular flexibility index (Phi) is 5.35. The third-order valence-electron chi connectivity index (χ3n) is 3.17. The number of nitrogens with two attached hydrogens (primary N) is 1. The zero-order chi connectivity index (χ0) is 16.8. The van der Waals surface area contributed by atoms with Crippen LogP contribution in [0.5, 0.6) is 11.8 Å². The number of ether oxygens (including phenoxy) is 3. The number of carbonyl (C=O) groups excluding carboxylic acids is 1. The number of rotatable bonds is 6. The van der Waals surface area contributed by atoms with Gasteiger partial charge >= 0.3 is 5.97 Å². The molecule has 7 nitrogen and oxygen atoms in total. The number of nitrogens with zero attached hydrogens (tertiary/aromatic N) is 2.